The van der Waals surface area contributed by atoms with Crippen LogP contribution in [0.5, 0.6) is 0 Å². The highest BCUT2D eigenvalue weighted by molar-refractivity contribution is 6.11. The Labute approximate surface area is 399 Å². The van der Waals surface area contributed by atoms with Gasteiger partial charge >= 0.3 is 0 Å². The van der Waals surface area contributed by atoms with Gasteiger partial charge in [-0.15, -0.1) is 0 Å². The zero-order valence-electron chi connectivity index (χ0n) is 38.2. The molecular weight excluding hydrogens is 817 g/mol. The van der Waals surface area contributed by atoms with E-state index in [1.165, 1.54) is 122 Å². The Morgan fingerprint density at radius 1 is 0.221 bits per heavy atom. The molecule has 0 heterocycles. The highest BCUT2D eigenvalue weighted by atomic mass is 14.5. The van der Waals surface area contributed by atoms with Crippen LogP contribution in [0, 0.1) is 0 Å². The number of benzene rings is 11. The van der Waals surface area contributed by atoms with Crippen molar-refractivity contribution in [2.24, 2.45) is 0 Å². The Morgan fingerprint density at radius 3 is 1.09 bits per heavy atom. The monoisotopic (exact) mass is 864 g/mol. The lowest BCUT2D eigenvalue weighted by Gasteiger charge is -2.46. The third-order valence-corrected chi connectivity index (χ3v) is 15.1. The van der Waals surface area contributed by atoms with Crippen LogP contribution < -0.4 is 0 Å². The predicted octanol–water partition coefficient (Wildman–Crippen LogP) is 17.8. The maximum atomic E-state index is 2.57. The summed E-state index contributed by atoms with van der Waals surface area (Å²) < 4.78 is 0. The minimum atomic E-state index is -0.578. The Balaban J connectivity index is 1.04. The summed E-state index contributed by atoms with van der Waals surface area (Å²) in [4.78, 5) is 0. The van der Waals surface area contributed by atoms with Crippen LogP contribution in [-0.4, -0.2) is 0 Å². The number of hydrogen-bond acceptors (Lipinski definition) is 0. The average Bonchev–Trinajstić information content (AvgIpc) is 3.71. The largest absolute Gasteiger partial charge is 0.0720 e. The molecule has 320 valence electrons. The van der Waals surface area contributed by atoms with E-state index in [-0.39, 0.29) is 5.41 Å². The second-order valence-corrected chi connectivity index (χ2v) is 19.2. The Kier molecular flexibility index (Phi) is 9.21. The molecule has 0 N–H and O–H groups in total. The zero-order chi connectivity index (χ0) is 45.4. The van der Waals surface area contributed by atoms with E-state index in [0.717, 1.165) is 0 Å². The Hall–Kier alpha value is -8.32. The van der Waals surface area contributed by atoms with E-state index >= 15 is 0 Å². The van der Waals surface area contributed by atoms with Crippen molar-refractivity contribution in [2.45, 2.75) is 24.7 Å². The van der Waals surface area contributed by atoms with Crippen LogP contribution in [0.3, 0.4) is 0 Å². The van der Waals surface area contributed by atoms with Crippen molar-refractivity contribution >= 4 is 10.8 Å². The summed E-state index contributed by atoms with van der Waals surface area (Å²) in [6, 6.07) is 95.2. The molecule has 0 radical (unpaired) electrons. The fourth-order valence-corrected chi connectivity index (χ4v) is 11.9. The van der Waals surface area contributed by atoms with E-state index < -0.39 is 5.41 Å². The average molecular weight is 865 g/mol. The van der Waals surface area contributed by atoms with Gasteiger partial charge in [-0.3, -0.25) is 0 Å². The standard InChI is InChI=1S/C68H48/c1-67(2)60-33-11-13-35-62(60)68(63-36-14-12-34-61(63)67)64-43-54(52-28-17-27-51(41-52)49-25-15-23-47(39-49)45-19-5-3-6-20-45)37-38-58(64)66-57-32-10-9-31-56(57)59(44-65(66)68)55-30-18-29-53(42-55)50-26-16-24-48(40-50)46-21-7-4-8-22-46/h3-44H,1-2H3. The minimum absolute atomic E-state index is 0.204. The van der Waals surface area contributed by atoms with Gasteiger partial charge in [-0.25, -0.2) is 0 Å². The zero-order valence-corrected chi connectivity index (χ0v) is 38.2. The summed E-state index contributed by atoms with van der Waals surface area (Å²) in [5, 5.41) is 2.54. The molecule has 0 bridgehead atoms. The van der Waals surface area contributed by atoms with E-state index in [4.69, 9.17) is 0 Å². The summed E-state index contributed by atoms with van der Waals surface area (Å²) in [5.41, 5.74) is 24.6. The maximum absolute atomic E-state index is 2.57. The molecule has 68 heavy (non-hydrogen) atoms. The third kappa shape index (κ3) is 6.14. The first-order valence-electron chi connectivity index (χ1n) is 23.9. The van der Waals surface area contributed by atoms with Crippen molar-refractivity contribution in [3.05, 3.63) is 288 Å². The SMILES string of the molecule is CC1(C)c2ccccc2C2(c3cc(-c4cccc(-c5cccc(-c6ccccc6)c5)c4)ccc3-c3c2cc(-c2cccc(-c4cccc(-c5ccccc5)c4)c2)c2ccccc32)c2ccccc21. The third-order valence-electron chi connectivity index (χ3n) is 15.1. The van der Waals surface area contributed by atoms with Crippen molar-refractivity contribution in [3.8, 4) is 77.9 Å². The molecule has 0 saturated carbocycles. The maximum Gasteiger partial charge on any atom is 0.0720 e. The molecule has 13 rings (SSSR count). The highest BCUT2D eigenvalue weighted by Gasteiger charge is 2.54. The van der Waals surface area contributed by atoms with Crippen LogP contribution in [-0.2, 0) is 10.8 Å². The van der Waals surface area contributed by atoms with Gasteiger partial charge in [0.05, 0.1) is 5.41 Å². The number of fused-ring (bicyclic) bond motifs is 11. The first-order valence-corrected chi connectivity index (χ1v) is 23.9. The van der Waals surface area contributed by atoms with Crippen molar-refractivity contribution in [2.75, 3.05) is 0 Å². The van der Waals surface area contributed by atoms with Gasteiger partial charge < -0.3 is 0 Å². The molecule has 11 aromatic carbocycles. The molecule has 0 aromatic heterocycles. The Morgan fingerprint density at radius 2 is 0.588 bits per heavy atom. The van der Waals surface area contributed by atoms with Crippen molar-refractivity contribution in [3.63, 3.8) is 0 Å². The summed E-state index contributed by atoms with van der Waals surface area (Å²) in [6.45, 7) is 4.82. The molecule has 0 fully saturated rings. The molecule has 11 aromatic rings. The number of rotatable bonds is 6. The molecule has 0 aliphatic heterocycles. The van der Waals surface area contributed by atoms with Crippen molar-refractivity contribution in [1.29, 1.82) is 0 Å². The van der Waals surface area contributed by atoms with E-state index in [0.29, 0.717) is 0 Å². The molecule has 0 amide bonds. The Bertz CT molecular complexity index is 3710. The van der Waals surface area contributed by atoms with E-state index in [9.17, 15) is 0 Å². The molecule has 0 atom stereocenters. The molecule has 2 aliphatic rings. The fourth-order valence-electron chi connectivity index (χ4n) is 11.9. The molecule has 0 nitrogen and oxygen atoms in total. The molecule has 0 saturated heterocycles. The topological polar surface area (TPSA) is 0 Å². The normalized spacial score (nSPS) is 13.7. The van der Waals surface area contributed by atoms with Crippen LogP contribution >= 0.6 is 0 Å². The highest BCUT2D eigenvalue weighted by Crippen LogP contribution is 2.64. The minimum Gasteiger partial charge on any atom is -0.0622 e. The molecule has 0 unspecified atom stereocenters. The van der Waals surface area contributed by atoms with Gasteiger partial charge in [0.1, 0.15) is 0 Å². The second-order valence-electron chi connectivity index (χ2n) is 19.2. The van der Waals surface area contributed by atoms with Gasteiger partial charge in [-0.2, -0.15) is 0 Å². The van der Waals surface area contributed by atoms with E-state index in [1.54, 1.807) is 0 Å². The van der Waals surface area contributed by atoms with Gasteiger partial charge in [0.25, 0.3) is 0 Å². The summed E-state index contributed by atoms with van der Waals surface area (Å²) in [7, 11) is 0. The molecule has 1 spiro atoms. The van der Waals surface area contributed by atoms with Crippen molar-refractivity contribution in [1.82, 2.24) is 0 Å². The summed E-state index contributed by atoms with van der Waals surface area (Å²) in [5.74, 6) is 0. The second kappa shape index (κ2) is 15.7. The lowest BCUT2D eigenvalue weighted by molar-refractivity contribution is 0.563. The first-order chi connectivity index (χ1) is 33.5. The van der Waals surface area contributed by atoms with Crippen LogP contribution in [0.2, 0.25) is 0 Å². The van der Waals surface area contributed by atoms with Crippen LogP contribution in [0.4, 0.5) is 0 Å². The van der Waals surface area contributed by atoms with E-state index in [2.05, 4.69) is 269 Å². The first kappa shape index (κ1) is 40.0. The van der Waals surface area contributed by atoms with Crippen LogP contribution in [0.15, 0.2) is 255 Å². The smallest absolute Gasteiger partial charge is 0.0622 e. The summed E-state index contributed by atoms with van der Waals surface area (Å²) >= 11 is 0. The fraction of sp³-hybridized carbons (Fsp3) is 0.0588. The molecule has 0 heteroatoms. The van der Waals surface area contributed by atoms with Crippen molar-refractivity contribution < 1.29 is 0 Å². The predicted molar refractivity (Wildman–Crippen MR) is 286 cm³/mol. The number of hydrogen-bond donors (Lipinski definition) is 0. The van der Waals surface area contributed by atoms with Gasteiger partial charge in [0, 0.05) is 5.41 Å². The molecule has 2 aliphatic carbocycles. The molecular formula is C68H48. The van der Waals surface area contributed by atoms with Crippen LogP contribution in [0.1, 0.15) is 47.2 Å². The lowest BCUT2D eigenvalue weighted by Crippen LogP contribution is -2.40. The quantitative estimate of drug-likeness (QED) is 0.156. The van der Waals surface area contributed by atoms with Gasteiger partial charge in [-0.1, -0.05) is 232 Å². The van der Waals surface area contributed by atoms with Gasteiger partial charge in [-0.05, 0) is 158 Å². The van der Waals surface area contributed by atoms with Gasteiger partial charge in [0.15, 0.2) is 0 Å². The van der Waals surface area contributed by atoms with Crippen LogP contribution in [0.25, 0.3) is 88.7 Å². The summed E-state index contributed by atoms with van der Waals surface area (Å²) in [6.07, 6.45) is 0. The van der Waals surface area contributed by atoms with Gasteiger partial charge in [0.2, 0.25) is 0 Å². The van der Waals surface area contributed by atoms with E-state index in [1.807, 2.05) is 0 Å². The lowest BCUT2D eigenvalue weighted by atomic mass is 9.55.